The Bertz CT molecular complexity index is 3120. The third kappa shape index (κ3) is 4.33. The number of benzene rings is 8. The number of fused-ring (bicyclic) bond motifs is 10. The Hall–Kier alpha value is -7.11. The van der Waals surface area contributed by atoms with Gasteiger partial charge in [0, 0.05) is 38.2 Å². The van der Waals surface area contributed by atoms with Crippen LogP contribution in [-0.2, 0) is 0 Å². The van der Waals surface area contributed by atoms with Crippen LogP contribution in [0, 0.1) is 0 Å². The number of hydrogen-bond acceptors (Lipinski definition) is 4. The zero-order valence-corrected chi connectivity index (χ0v) is 27.9. The Morgan fingerprint density at radius 2 is 1.02 bits per heavy atom. The largest absolute Gasteiger partial charge is 0.456 e. The van der Waals surface area contributed by atoms with Crippen LogP contribution in [0.3, 0.4) is 0 Å². The number of nitrogens with zero attached hydrogens (tertiary/aromatic N) is 4. The highest BCUT2D eigenvalue weighted by Gasteiger charge is 2.22. The van der Waals surface area contributed by atoms with Crippen molar-refractivity contribution in [1.29, 1.82) is 0 Å². The molecule has 0 aliphatic heterocycles. The van der Waals surface area contributed by atoms with Crippen LogP contribution >= 0.6 is 0 Å². The van der Waals surface area contributed by atoms with Crippen molar-refractivity contribution in [3.05, 3.63) is 170 Å². The van der Waals surface area contributed by atoms with Gasteiger partial charge in [-0.05, 0) is 51.4 Å². The van der Waals surface area contributed by atoms with Gasteiger partial charge in [-0.3, -0.25) is 4.57 Å². The van der Waals surface area contributed by atoms with E-state index >= 15 is 0 Å². The fraction of sp³-hybridized carbons (Fsp3) is 0. The van der Waals surface area contributed by atoms with Crippen LogP contribution in [-0.4, -0.2) is 19.5 Å². The lowest BCUT2D eigenvalue weighted by molar-refractivity contribution is 0.669. The van der Waals surface area contributed by atoms with E-state index in [0.29, 0.717) is 17.6 Å². The first-order valence-corrected chi connectivity index (χ1v) is 17.5. The first-order valence-electron chi connectivity index (χ1n) is 17.5. The highest BCUT2D eigenvalue weighted by atomic mass is 16.3. The van der Waals surface area contributed by atoms with Crippen LogP contribution in [0.15, 0.2) is 174 Å². The number of para-hydroxylation sites is 1. The Kier molecular flexibility index (Phi) is 6.18. The molecule has 5 nitrogen and oxygen atoms in total. The number of furan rings is 1. The molecule has 0 aliphatic carbocycles. The van der Waals surface area contributed by atoms with Gasteiger partial charge >= 0.3 is 0 Å². The summed E-state index contributed by atoms with van der Waals surface area (Å²) in [5.74, 6) is 1.80. The van der Waals surface area contributed by atoms with Crippen molar-refractivity contribution in [3.63, 3.8) is 0 Å². The molecule has 0 radical (unpaired) electrons. The first kappa shape index (κ1) is 28.7. The van der Waals surface area contributed by atoms with Crippen LogP contribution in [0.25, 0.3) is 105 Å². The topological polar surface area (TPSA) is 56.7 Å². The maximum absolute atomic E-state index is 6.56. The molecule has 242 valence electrons. The van der Waals surface area contributed by atoms with Crippen LogP contribution in [0.4, 0.5) is 0 Å². The third-order valence-corrected chi connectivity index (χ3v) is 10.2. The molecular formula is C47H28N4O. The molecule has 0 bridgehead atoms. The van der Waals surface area contributed by atoms with Crippen LogP contribution < -0.4 is 0 Å². The number of hydrogen-bond donors (Lipinski definition) is 0. The molecule has 11 aromatic rings. The lowest BCUT2D eigenvalue weighted by Gasteiger charge is -2.13. The molecule has 0 saturated heterocycles. The van der Waals surface area contributed by atoms with Gasteiger partial charge < -0.3 is 4.42 Å². The smallest absolute Gasteiger partial charge is 0.238 e. The molecule has 0 aliphatic rings. The van der Waals surface area contributed by atoms with E-state index in [4.69, 9.17) is 19.4 Å². The molecular weight excluding hydrogens is 637 g/mol. The lowest BCUT2D eigenvalue weighted by Crippen LogP contribution is -2.07. The standard InChI is InChI=1S/C47H28N4O/c1-3-14-31(15-4-1)45-48-46(32-16-5-2-6-17-32)50-47(49-45)51-39-26-23-29-12-7-9-18-34(29)42(39)38-21-11-20-36(44(38)51)33-22-25-37-41(28-33)52-40-27-24-30-13-8-10-19-35(30)43(37)40/h1-28H. The average molecular weight is 665 g/mol. The fourth-order valence-corrected chi connectivity index (χ4v) is 7.89. The molecule has 3 heterocycles. The van der Waals surface area contributed by atoms with Gasteiger partial charge in [-0.2, -0.15) is 9.97 Å². The van der Waals surface area contributed by atoms with Crippen molar-refractivity contribution in [1.82, 2.24) is 19.5 Å². The van der Waals surface area contributed by atoms with Crippen LogP contribution in [0.5, 0.6) is 0 Å². The minimum Gasteiger partial charge on any atom is -0.456 e. The van der Waals surface area contributed by atoms with Crippen LogP contribution in [0.1, 0.15) is 0 Å². The van der Waals surface area contributed by atoms with E-state index in [0.717, 1.165) is 66.0 Å². The Morgan fingerprint density at radius 1 is 0.404 bits per heavy atom. The second-order valence-electron chi connectivity index (χ2n) is 13.2. The predicted octanol–water partition coefficient (Wildman–Crippen LogP) is 12.2. The van der Waals surface area contributed by atoms with Crippen molar-refractivity contribution in [2.24, 2.45) is 0 Å². The molecule has 0 amide bonds. The highest BCUT2D eigenvalue weighted by molar-refractivity contribution is 6.24. The zero-order valence-electron chi connectivity index (χ0n) is 27.9. The minimum atomic E-state index is 0.562. The molecule has 3 aromatic heterocycles. The van der Waals surface area contributed by atoms with Gasteiger partial charge in [-0.1, -0.05) is 146 Å². The summed E-state index contributed by atoms with van der Waals surface area (Å²) in [6, 6.07) is 59.1. The SMILES string of the molecule is c1ccc(-c2nc(-c3ccccc3)nc(-n3c4ccc5ccccc5c4c4cccc(-c5ccc6c(c5)oc5ccc7ccccc7c56)c43)n2)cc1. The summed E-state index contributed by atoms with van der Waals surface area (Å²) in [7, 11) is 0. The molecule has 11 rings (SSSR count). The molecule has 5 heteroatoms. The normalized spacial score (nSPS) is 11.8. The second-order valence-corrected chi connectivity index (χ2v) is 13.2. The third-order valence-electron chi connectivity index (χ3n) is 10.2. The average Bonchev–Trinajstić information content (AvgIpc) is 3.77. The molecule has 0 spiro atoms. The summed E-state index contributed by atoms with van der Waals surface area (Å²) in [5.41, 5.74) is 7.77. The molecule has 0 unspecified atom stereocenters. The fourth-order valence-electron chi connectivity index (χ4n) is 7.89. The number of rotatable bonds is 4. The summed E-state index contributed by atoms with van der Waals surface area (Å²) in [6.45, 7) is 0. The van der Waals surface area contributed by atoms with Crippen LogP contribution in [0.2, 0.25) is 0 Å². The zero-order chi connectivity index (χ0) is 34.2. The lowest BCUT2D eigenvalue weighted by atomic mass is 9.98. The monoisotopic (exact) mass is 664 g/mol. The molecule has 52 heavy (non-hydrogen) atoms. The molecule has 0 saturated carbocycles. The van der Waals surface area contributed by atoms with Crippen molar-refractivity contribution < 1.29 is 4.42 Å². The van der Waals surface area contributed by atoms with E-state index in [9.17, 15) is 0 Å². The summed E-state index contributed by atoms with van der Waals surface area (Å²) >= 11 is 0. The minimum absolute atomic E-state index is 0.562. The van der Waals surface area contributed by atoms with E-state index in [-0.39, 0.29) is 0 Å². The van der Waals surface area contributed by atoms with Crippen molar-refractivity contribution in [2.45, 2.75) is 0 Å². The van der Waals surface area contributed by atoms with E-state index in [2.05, 4.69) is 114 Å². The quantitative estimate of drug-likeness (QED) is 0.188. The van der Waals surface area contributed by atoms with Gasteiger partial charge in [-0.15, -0.1) is 0 Å². The maximum atomic E-state index is 6.56. The second kappa shape index (κ2) is 11.2. The Morgan fingerprint density at radius 3 is 1.73 bits per heavy atom. The Balaban J connectivity index is 1.24. The van der Waals surface area contributed by atoms with Crippen molar-refractivity contribution in [3.8, 4) is 39.9 Å². The summed E-state index contributed by atoms with van der Waals surface area (Å²) in [6.07, 6.45) is 0. The van der Waals surface area contributed by atoms with Crippen molar-refractivity contribution >= 4 is 65.3 Å². The van der Waals surface area contributed by atoms with Crippen molar-refractivity contribution in [2.75, 3.05) is 0 Å². The van der Waals surface area contributed by atoms with Gasteiger partial charge in [0.15, 0.2) is 11.6 Å². The summed E-state index contributed by atoms with van der Waals surface area (Å²) in [4.78, 5) is 15.4. The summed E-state index contributed by atoms with van der Waals surface area (Å²) < 4.78 is 8.78. The molecule has 0 N–H and O–H groups in total. The first-order chi connectivity index (χ1) is 25.8. The molecule has 0 fully saturated rings. The van der Waals surface area contributed by atoms with E-state index in [1.165, 1.54) is 21.5 Å². The van der Waals surface area contributed by atoms with Gasteiger partial charge in [0.05, 0.1) is 11.0 Å². The Labute approximate surface area is 298 Å². The van der Waals surface area contributed by atoms with Gasteiger partial charge in [-0.25, -0.2) is 4.98 Å². The van der Waals surface area contributed by atoms with Gasteiger partial charge in [0.2, 0.25) is 5.95 Å². The molecule has 0 atom stereocenters. The maximum Gasteiger partial charge on any atom is 0.238 e. The van der Waals surface area contributed by atoms with E-state index in [1.54, 1.807) is 0 Å². The van der Waals surface area contributed by atoms with E-state index in [1.807, 2.05) is 60.7 Å². The predicted molar refractivity (Wildman–Crippen MR) is 213 cm³/mol. The number of aromatic nitrogens is 4. The molecule has 8 aromatic carbocycles. The summed E-state index contributed by atoms with van der Waals surface area (Å²) in [5, 5.41) is 9.29. The van der Waals surface area contributed by atoms with Gasteiger partial charge in [0.25, 0.3) is 0 Å². The van der Waals surface area contributed by atoms with Gasteiger partial charge in [0.1, 0.15) is 11.2 Å². The highest BCUT2D eigenvalue weighted by Crippen LogP contribution is 2.43. The van der Waals surface area contributed by atoms with E-state index < -0.39 is 0 Å².